The molecule has 0 bridgehead atoms. The normalized spacial score (nSPS) is 10.4. The first-order chi connectivity index (χ1) is 7.99. The minimum absolute atomic E-state index is 0.105. The Hall–Kier alpha value is -1.75. The first-order valence-electron chi connectivity index (χ1n) is 5.55. The highest BCUT2D eigenvalue weighted by molar-refractivity contribution is 5.93. The molecule has 4 N–H and O–H groups in total. The number of nitrogens with one attached hydrogen (secondary N) is 2. The van der Waals surface area contributed by atoms with Gasteiger partial charge in [0, 0.05) is 25.7 Å². The molecule has 0 aliphatic rings. The molecule has 0 aliphatic heterocycles. The highest BCUT2D eigenvalue weighted by Crippen LogP contribution is 2.24. The Morgan fingerprint density at radius 1 is 1.35 bits per heavy atom. The van der Waals surface area contributed by atoms with E-state index in [0.717, 1.165) is 24.5 Å². The van der Waals surface area contributed by atoms with Crippen LogP contribution in [-0.4, -0.2) is 38.0 Å². The molecule has 0 unspecified atom stereocenters. The maximum absolute atomic E-state index is 11.1. The highest BCUT2D eigenvalue weighted by Gasteiger charge is 2.04. The lowest BCUT2D eigenvalue weighted by Crippen LogP contribution is -2.21. The Morgan fingerprint density at radius 3 is 2.65 bits per heavy atom. The molecule has 17 heavy (non-hydrogen) atoms. The van der Waals surface area contributed by atoms with Gasteiger partial charge in [0.15, 0.2) is 0 Å². The predicted molar refractivity (Wildman–Crippen MR) is 72.2 cm³/mol. The predicted octanol–water partition coefficient (Wildman–Crippen LogP) is 1.20. The summed E-state index contributed by atoms with van der Waals surface area (Å²) in [5.41, 5.74) is 7.93. The minimum atomic E-state index is -0.105. The SMILES string of the molecule is CC(=O)Nc1cc(N)ccc1NCCN(C)C. The van der Waals surface area contributed by atoms with E-state index in [2.05, 4.69) is 15.5 Å². The van der Waals surface area contributed by atoms with Crippen LogP contribution in [0.4, 0.5) is 17.1 Å². The highest BCUT2D eigenvalue weighted by atomic mass is 16.1. The lowest BCUT2D eigenvalue weighted by atomic mass is 10.2. The maximum Gasteiger partial charge on any atom is 0.221 e. The third-order valence-corrected chi connectivity index (χ3v) is 2.23. The van der Waals surface area contributed by atoms with Crippen LogP contribution in [0, 0.1) is 0 Å². The molecule has 1 aromatic rings. The molecule has 0 atom stereocenters. The number of carbonyl (C=O) groups excluding carboxylic acids is 1. The maximum atomic E-state index is 11.1. The van der Waals surface area contributed by atoms with Crippen LogP contribution in [0.3, 0.4) is 0 Å². The van der Waals surface area contributed by atoms with E-state index in [1.54, 1.807) is 6.07 Å². The molecule has 0 saturated carbocycles. The van der Waals surface area contributed by atoms with Crippen molar-refractivity contribution >= 4 is 23.0 Å². The second-order valence-corrected chi connectivity index (χ2v) is 4.22. The van der Waals surface area contributed by atoms with Crippen LogP contribution in [0.2, 0.25) is 0 Å². The number of nitrogen functional groups attached to an aromatic ring is 1. The Labute approximate surface area is 102 Å². The number of hydrogen-bond donors (Lipinski definition) is 3. The molecule has 5 heteroatoms. The number of anilines is 3. The fourth-order valence-electron chi connectivity index (χ4n) is 1.42. The monoisotopic (exact) mass is 236 g/mol. The van der Waals surface area contributed by atoms with Crippen molar-refractivity contribution in [2.24, 2.45) is 0 Å². The average molecular weight is 236 g/mol. The van der Waals surface area contributed by atoms with E-state index < -0.39 is 0 Å². The van der Waals surface area contributed by atoms with E-state index in [9.17, 15) is 4.79 Å². The van der Waals surface area contributed by atoms with Gasteiger partial charge < -0.3 is 21.3 Å². The smallest absolute Gasteiger partial charge is 0.221 e. The summed E-state index contributed by atoms with van der Waals surface area (Å²) in [5, 5.41) is 6.02. The molecule has 0 spiro atoms. The average Bonchev–Trinajstić information content (AvgIpc) is 2.20. The van der Waals surface area contributed by atoms with Crippen LogP contribution in [0.5, 0.6) is 0 Å². The topological polar surface area (TPSA) is 70.4 Å². The molecule has 1 amide bonds. The summed E-state index contributed by atoms with van der Waals surface area (Å²) in [7, 11) is 4.03. The largest absolute Gasteiger partial charge is 0.399 e. The van der Waals surface area contributed by atoms with Crippen molar-refractivity contribution in [1.29, 1.82) is 0 Å². The summed E-state index contributed by atoms with van der Waals surface area (Å²) in [5.74, 6) is -0.105. The van der Waals surface area contributed by atoms with Crippen LogP contribution in [0.1, 0.15) is 6.92 Å². The molecule has 0 saturated heterocycles. The second kappa shape index (κ2) is 6.10. The van der Waals surface area contributed by atoms with Crippen molar-refractivity contribution in [2.45, 2.75) is 6.92 Å². The van der Waals surface area contributed by atoms with Gasteiger partial charge in [0.2, 0.25) is 5.91 Å². The molecule has 0 aliphatic carbocycles. The van der Waals surface area contributed by atoms with E-state index in [-0.39, 0.29) is 5.91 Å². The van der Waals surface area contributed by atoms with Gasteiger partial charge in [-0.3, -0.25) is 4.79 Å². The number of benzene rings is 1. The van der Waals surface area contributed by atoms with Crippen molar-refractivity contribution in [1.82, 2.24) is 4.90 Å². The van der Waals surface area contributed by atoms with Gasteiger partial charge in [-0.15, -0.1) is 0 Å². The molecule has 0 heterocycles. The first-order valence-corrected chi connectivity index (χ1v) is 5.55. The Kier molecular flexibility index (Phi) is 4.78. The number of nitrogens with two attached hydrogens (primary N) is 1. The lowest BCUT2D eigenvalue weighted by molar-refractivity contribution is -0.114. The standard InChI is InChI=1S/C12H20N4O/c1-9(17)15-12-8-10(13)4-5-11(12)14-6-7-16(2)3/h4-5,8,14H,6-7,13H2,1-3H3,(H,15,17). The van der Waals surface area contributed by atoms with E-state index in [4.69, 9.17) is 5.73 Å². The molecule has 1 aromatic carbocycles. The molecule has 5 nitrogen and oxygen atoms in total. The summed E-state index contributed by atoms with van der Waals surface area (Å²) < 4.78 is 0. The fraction of sp³-hybridized carbons (Fsp3) is 0.417. The summed E-state index contributed by atoms with van der Waals surface area (Å²) in [4.78, 5) is 13.2. The van der Waals surface area contributed by atoms with Gasteiger partial charge in [0.25, 0.3) is 0 Å². The Bertz CT molecular complexity index is 390. The van der Waals surface area contributed by atoms with Crippen molar-refractivity contribution in [3.8, 4) is 0 Å². The van der Waals surface area contributed by atoms with Gasteiger partial charge in [-0.05, 0) is 32.3 Å². The van der Waals surface area contributed by atoms with Gasteiger partial charge in [-0.25, -0.2) is 0 Å². The molecule has 94 valence electrons. The van der Waals surface area contributed by atoms with Crippen LogP contribution in [0.15, 0.2) is 18.2 Å². The Balaban J connectivity index is 2.72. The number of amides is 1. The zero-order valence-corrected chi connectivity index (χ0v) is 10.6. The summed E-state index contributed by atoms with van der Waals surface area (Å²) in [6.45, 7) is 3.21. The molecule has 0 radical (unpaired) electrons. The molecular formula is C12H20N4O. The number of hydrogen-bond acceptors (Lipinski definition) is 4. The van der Waals surface area contributed by atoms with Crippen LogP contribution in [0.25, 0.3) is 0 Å². The van der Waals surface area contributed by atoms with Crippen molar-refractivity contribution < 1.29 is 4.79 Å². The van der Waals surface area contributed by atoms with Gasteiger partial charge in [-0.1, -0.05) is 0 Å². The summed E-state index contributed by atoms with van der Waals surface area (Å²) in [6.07, 6.45) is 0. The molecular weight excluding hydrogens is 216 g/mol. The van der Waals surface area contributed by atoms with Crippen LogP contribution in [-0.2, 0) is 4.79 Å². The van der Waals surface area contributed by atoms with Crippen LogP contribution >= 0.6 is 0 Å². The van der Waals surface area contributed by atoms with Gasteiger partial charge >= 0.3 is 0 Å². The fourth-order valence-corrected chi connectivity index (χ4v) is 1.42. The molecule has 1 rings (SSSR count). The summed E-state index contributed by atoms with van der Waals surface area (Å²) in [6, 6.07) is 5.43. The van der Waals surface area contributed by atoms with E-state index in [1.807, 2.05) is 26.2 Å². The van der Waals surface area contributed by atoms with Gasteiger partial charge in [0.1, 0.15) is 0 Å². The lowest BCUT2D eigenvalue weighted by Gasteiger charge is -2.15. The van der Waals surface area contributed by atoms with E-state index in [0.29, 0.717) is 5.69 Å². The number of likely N-dealkylation sites (N-methyl/N-ethyl adjacent to an activating group) is 1. The zero-order valence-electron chi connectivity index (χ0n) is 10.6. The second-order valence-electron chi connectivity index (χ2n) is 4.22. The number of rotatable bonds is 5. The first kappa shape index (κ1) is 13.3. The zero-order chi connectivity index (χ0) is 12.8. The van der Waals surface area contributed by atoms with Crippen molar-refractivity contribution in [3.05, 3.63) is 18.2 Å². The third kappa shape index (κ3) is 4.74. The molecule has 0 fully saturated rings. The number of carbonyl (C=O) groups is 1. The van der Waals surface area contributed by atoms with Crippen molar-refractivity contribution in [3.63, 3.8) is 0 Å². The van der Waals surface area contributed by atoms with Crippen LogP contribution < -0.4 is 16.4 Å². The van der Waals surface area contributed by atoms with E-state index >= 15 is 0 Å². The minimum Gasteiger partial charge on any atom is -0.399 e. The number of nitrogens with zero attached hydrogens (tertiary/aromatic N) is 1. The van der Waals surface area contributed by atoms with Gasteiger partial charge in [-0.2, -0.15) is 0 Å². The molecule has 0 aromatic heterocycles. The third-order valence-electron chi connectivity index (χ3n) is 2.23. The quantitative estimate of drug-likeness (QED) is 0.672. The Morgan fingerprint density at radius 2 is 2.06 bits per heavy atom. The van der Waals surface area contributed by atoms with E-state index in [1.165, 1.54) is 6.92 Å². The summed E-state index contributed by atoms with van der Waals surface area (Å²) >= 11 is 0. The van der Waals surface area contributed by atoms with Gasteiger partial charge in [0.05, 0.1) is 11.4 Å². The van der Waals surface area contributed by atoms with Crippen molar-refractivity contribution in [2.75, 3.05) is 43.6 Å².